The predicted octanol–water partition coefficient (Wildman–Crippen LogP) is 1.58. The van der Waals surface area contributed by atoms with Crippen LogP contribution in [0.4, 0.5) is 8.78 Å². The van der Waals surface area contributed by atoms with E-state index in [4.69, 9.17) is 10.8 Å². The van der Waals surface area contributed by atoms with E-state index in [0.29, 0.717) is 12.0 Å². The zero-order chi connectivity index (χ0) is 12.3. The number of rotatable bonds is 4. The SMILES string of the molecule is CCc1cccc([C@@H](N)C(F)(F)CO)c1O. The van der Waals surface area contributed by atoms with Gasteiger partial charge in [-0.1, -0.05) is 25.1 Å². The van der Waals surface area contributed by atoms with E-state index in [1.54, 1.807) is 19.1 Å². The predicted molar refractivity (Wildman–Crippen MR) is 56.4 cm³/mol. The van der Waals surface area contributed by atoms with E-state index in [2.05, 4.69) is 0 Å². The molecule has 4 N–H and O–H groups in total. The van der Waals surface area contributed by atoms with E-state index in [1.165, 1.54) is 6.07 Å². The molecule has 0 radical (unpaired) electrons. The third-order valence-electron chi connectivity index (χ3n) is 2.53. The van der Waals surface area contributed by atoms with Crippen LogP contribution in [0.15, 0.2) is 18.2 Å². The van der Waals surface area contributed by atoms with Crippen molar-refractivity contribution in [2.24, 2.45) is 5.73 Å². The second-order valence-electron chi connectivity index (χ2n) is 3.61. The largest absolute Gasteiger partial charge is 0.507 e. The number of aliphatic hydroxyl groups excluding tert-OH is 1. The van der Waals surface area contributed by atoms with Crippen molar-refractivity contribution in [3.05, 3.63) is 29.3 Å². The maximum absolute atomic E-state index is 13.2. The highest BCUT2D eigenvalue weighted by Gasteiger charge is 2.38. The van der Waals surface area contributed by atoms with E-state index in [-0.39, 0.29) is 11.3 Å². The molecule has 0 amide bonds. The molecular weight excluding hydrogens is 216 g/mol. The lowest BCUT2D eigenvalue weighted by molar-refractivity contribution is -0.0716. The Morgan fingerprint density at radius 1 is 1.44 bits per heavy atom. The third kappa shape index (κ3) is 2.31. The van der Waals surface area contributed by atoms with Gasteiger partial charge in [-0.05, 0) is 12.0 Å². The Hall–Kier alpha value is -1.20. The normalized spacial score (nSPS) is 13.8. The van der Waals surface area contributed by atoms with Crippen LogP contribution < -0.4 is 5.73 Å². The molecule has 0 aromatic heterocycles. The summed E-state index contributed by atoms with van der Waals surface area (Å²) in [7, 11) is 0. The van der Waals surface area contributed by atoms with Gasteiger partial charge in [0, 0.05) is 5.56 Å². The maximum Gasteiger partial charge on any atom is 0.289 e. The van der Waals surface area contributed by atoms with Crippen LogP contribution in [0.1, 0.15) is 24.1 Å². The summed E-state index contributed by atoms with van der Waals surface area (Å²) in [6, 6.07) is 2.83. The van der Waals surface area contributed by atoms with Gasteiger partial charge in [0.05, 0.1) is 0 Å². The molecule has 0 spiro atoms. The lowest BCUT2D eigenvalue weighted by atomic mass is 9.97. The fourth-order valence-corrected chi connectivity index (χ4v) is 1.47. The lowest BCUT2D eigenvalue weighted by Gasteiger charge is -2.23. The molecule has 5 heteroatoms. The number of hydrogen-bond donors (Lipinski definition) is 3. The molecule has 1 aromatic carbocycles. The molecule has 0 saturated heterocycles. The fraction of sp³-hybridized carbons (Fsp3) is 0.455. The molecule has 1 rings (SSSR count). The number of phenolic OH excluding ortho intramolecular Hbond substituents is 1. The molecule has 0 aliphatic carbocycles. The van der Waals surface area contributed by atoms with Crippen molar-refractivity contribution in [2.45, 2.75) is 25.3 Å². The summed E-state index contributed by atoms with van der Waals surface area (Å²) in [5.41, 5.74) is 5.85. The quantitative estimate of drug-likeness (QED) is 0.737. The van der Waals surface area contributed by atoms with E-state index < -0.39 is 18.6 Å². The molecule has 0 saturated carbocycles. The van der Waals surface area contributed by atoms with Crippen molar-refractivity contribution in [2.75, 3.05) is 6.61 Å². The number of hydrogen-bond acceptors (Lipinski definition) is 3. The van der Waals surface area contributed by atoms with Gasteiger partial charge in [0.15, 0.2) is 0 Å². The first-order valence-electron chi connectivity index (χ1n) is 4.99. The highest BCUT2D eigenvalue weighted by molar-refractivity contribution is 5.42. The average molecular weight is 231 g/mol. The molecule has 0 fully saturated rings. The van der Waals surface area contributed by atoms with Crippen molar-refractivity contribution in [1.82, 2.24) is 0 Å². The number of alkyl halides is 2. The number of benzene rings is 1. The van der Waals surface area contributed by atoms with Crippen molar-refractivity contribution in [3.8, 4) is 5.75 Å². The van der Waals surface area contributed by atoms with Gasteiger partial charge in [0.2, 0.25) is 0 Å². The first-order chi connectivity index (χ1) is 7.44. The van der Waals surface area contributed by atoms with Gasteiger partial charge in [0.25, 0.3) is 5.92 Å². The maximum atomic E-state index is 13.2. The second-order valence-corrected chi connectivity index (χ2v) is 3.61. The van der Waals surface area contributed by atoms with E-state index in [9.17, 15) is 13.9 Å². The third-order valence-corrected chi connectivity index (χ3v) is 2.53. The summed E-state index contributed by atoms with van der Waals surface area (Å²) in [5, 5.41) is 18.3. The zero-order valence-electron chi connectivity index (χ0n) is 8.95. The standard InChI is InChI=1S/C11H15F2NO2/c1-2-7-4-3-5-8(9(7)16)10(14)11(12,13)6-15/h3-5,10,15-16H,2,6,14H2,1H3/t10-/m1/s1. The van der Waals surface area contributed by atoms with Gasteiger partial charge in [-0.3, -0.25) is 0 Å². The van der Waals surface area contributed by atoms with Crippen molar-refractivity contribution in [1.29, 1.82) is 0 Å². The number of aliphatic hydroxyl groups is 1. The molecule has 0 bridgehead atoms. The molecule has 0 heterocycles. The van der Waals surface area contributed by atoms with Gasteiger partial charge >= 0.3 is 0 Å². The van der Waals surface area contributed by atoms with E-state index >= 15 is 0 Å². The molecule has 0 unspecified atom stereocenters. The van der Waals surface area contributed by atoms with Gasteiger partial charge in [0.1, 0.15) is 18.4 Å². The molecule has 3 nitrogen and oxygen atoms in total. The molecule has 0 aliphatic heterocycles. The van der Waals surface area contributed by atoms with Crippen molar-refractivity contribution >= 4 is 0 Å². The van der Waals surface area contributed by atoms with Crippen molar-refractivity contribution < 1.29 is 19.0 Å². The molecule has 0 aliphatic rings. The van der Waals surface area contributed by atoms with Crippen LogP contribution in [0, 0.1) is 0 Å². The molecule has 16 heavy (non-hydrogen) atoms. The van der Waals surface area contributed by atoms with Gasteiger partial charge in [-0.15, -0.1) is 0 Å². The minimum absolute atomic E-state index is 0.0431. The van der Waals surface area contributed by atoms with Crippen LogP contribution in [0.2, 0.25) is 0 Å². The lowest BCUT2D eigenvalue weighted by Crippen LogP contribution is -2.36. The number of para-hydroxylation sites is 1. The molecule has 1 atom stereocenters. The minimum atomic E-state index is -3.44. The van der Waals surface area contributed by atoms with Gasteiger partial charge in [-0.2, -0.15) is 0 Å². The average Bonchev–Trinajstić information content (AvgIpc) is 2.28. The topological polar surface area (TPSA) is 66.5 Å². The smallest absolute Gasteiger partial charge is 0.289 e. The first kappa shape index (κ1) is 12.9. The van der Waals surface area contributed by atoms with Crippen LogP contribution in [0.25, 0.3) is 0 Å². The summed E-state index contributed by atoms with van der Waals surface area (Å²) in [6.45, 7) is 0.457. The van der Waals surface area contributed by atoms with Crippen LogP contribution >= 0.6 is 0 Å². The Kier molecular flexibility index (Phi) is 3.83. The Morgan fingerprint density at radius 2 is 2.06 bits per heavy atom. The van der Waals surface area contributed by atoms with Crippen LogP contribution in [-0.2, 0) is 6.42 Å². The fourth-order valence-electron chi connectivity index (χ4n) is 1.47. The summed E-state index contributed by atoms with van der Waals surface area (Å²) >= 11 is 0. The Morgan fingerprint density at radius 3 is 2.56 bits per heavy atom. The summed E-state index contributed by atoms with van der Waals surface area (Å²) in [4.78, 5) is 0. The monoisotopic (exact) mass is 231 g/mol. The number of aryl methyl sites for hydroxylation is 1. The van der Waals surface area contributed by atoms with Crippen molar-refractivity contribution in [3.63, 3.8) is 0 Å². The minimum Gasteiger partial charge on any atom is -0.507 e. The summed E-state index contributed by atoms with van der Waals surface area (Å²) in [6.07, 6.45) is 0.525. The van der Waals surface area contributed by atoms with Gasteiger partial charge in [-0.25, -0.2) is 8.78 Å². The summed E-state index contributed by atoms with van der Waals surface area (Å²) in [5.74, 6) is -3.66. The highest BCUT2D eigenvalue weighted by atomic mass is 19.3. The highest BCUT2D eigenvalue weighted by Crippen LogP contribution is 2.35. The van der Waals surface area contributed by atoms with Crippen LogP contribution in [0.3, 0.4) is 0 Å². The summed E-state index contributed by atoms with van der Waals surface area (Å²) < 4.78 is 26.3. The number of nitrogens with two attached hydrogens (primary N) is 1. The van der Waals surface area contributed by atoms with Crippen LogP contribution in [0.5, 0.6) is 5.75 Å². The zero-order valence-corrected chi connectivity index (χ0v) is 8.95. The second kappa shape index (κ2) is 4.76. The molecule has 1 aromatic rings. The molecule has 90 valence electrons. The number of halogens is 2. The number of phenols is 1. The van der Waals surface area contributed by atoms with E-state index in [0.717, 1.165) is 0 Å². The van der Waals surface area contributed by atoms with Gasteiger partial charge < -0.3 is 15.9 Å². The van der Waals surface area contributed by atoms with E-state index in [1.807, 2.05) is 0 Å². The Bertz CT molecular complexity index is 369. The Balaban J connectivity index is 3.14. The number of aromatic hydroxyl groups is 1. The van der Waals surface area contributed by atoms with Crippen LogP contribution in [-0.4, -0.2) is 22.7 Å². The first-order valence-corrected chi connectivity index (χ1v) is 4.99. The Labute approximate surface area is 92.5 Å². The molecular formula is C11H15F2NO2.